The van der Waals surface area contributed by atoms with Crippen molar-refractivity contribution in [3.63, 3.8) is 0 Å². The summed E-state index contributed by atoms with van der Waals surface area (Å²) in [6.45, 7) is 43.2. The van der Waals surface area contributed by atoms with E-state index in [0.717, 1.165) is 89.7 Å². The molecule has 2 aliphatic carbocycles. The van der Waals surface area contributed by atoms with E-state index in [1.807, 2.05) is 61.3 Å². The lowest BCUT2D eigenvalue weighted by atomic mass is 9.91. The quantitative estimate of drug-likeness (QED) is 0.216. The molecule has 7 heterocycles. The van der Waals surface area contributed by atoms with Gasteiger partial charge in [0.1, 0.15) is 0 Å². The van der Waals surface area contributed by atoms with Crippen molar-refractivity contribution in [3.8, 4) is 0 Å². The molecular formula is C69H161N11O3. The zero-order valence-electron chi connectivity index (χ0n) is 61.7. The van der Waals surface area contributed by atoms with Gasteiger partial charge in [0.15, 0.2) is 0 Å². The monoisotopic (exact) mass is 1190 g/mol. The van der Waals surface area contributed by atoms with Crippen LogP contribution in [0.4, 0.5) is 0 Å². The van der Waals surface area contributed by atoms with Crippen LogP contribution in [-0.4, -0.2) is 263 Å². The molecule has 7 aliphatic heterocycles. The summed E-state index contributed by atoms with van der Waals surface area (Å²) in [6, 6.07) is 1.42. The van der Waals surface area contributed by atoms with Crippen LogP contribution in [0.3, 0.4) is 0 Å². The van der Waals surface area contributed by atoms with Gasteiger partial charge in [0.05, 0.1) is 32.7 Å². The van der Waals surface area contributed by atoms with Crippen LogP contribution in [0.15, 0.2) is 0 Å². The lowest BCUT2D eigenvalue weighted by molar-refractivity contribution is 0.0285. The van der Waals surface area contributed by atoms with Crippen LogP contribution in [0, 0.1) is 17.8 Å². The second kappa shape index (κ2) is 75.7. The van der Waals surface area contributed by atoms with E-state index in [4.69, 9.17) is 14.2 Å². The highest BCUT2D eigenvalue weighted by molar-refractivity contribution is 4.66. The Hall–Kier alpha value is -0.560. The first-order valence-electron chi connectivity index (χ1n) is 34.5. The lowest BCUT2D eigenvalue weighted by Gasteiger charge is -2.24. The average molecular weight is 1190 g/mol. The number of hydrogen-bond donors (Lipinski definition) is 4. The standard InChI is InChI=1S/C7H14.2C6H13N.C6H12O.C6H12.C5H11NO.C5H11N.C4H9NO.C4H9N.2C4H11N.C4H10.2C3H9N.C2H7N/c2*1-7-5-3-2-4-6-7;2*1-6-4-2-3-5-7-6;1-6-4-2-3-5-6;1-6-2-4-7-5-3-6;1-6-4-2-3-5-6;1-5-2-3-6-4-5;1-5-3-2-4-5;1-4-5(2)3;1-4(2)5-3;2*1-4(2)3;1-3-4-2;1-3-2/h7H,2-6H2,1H3;2-6H2,1H3;6-7H,2-5H2,1H3;6H,2-5H2,1H3;6H,2-5H2,1H3;2-5H2,1H3;2-5H2,1H3;2-4H2,1H3;2-4H2,1H3;4H2,1-3H3;4-5H,1-3H3;4H,1-3H3;1-3H3;4H,3H2,1-2H3;3H,1-2H3/t;;2*6-;;;;;;;;;;;/m..01.........../s1. The summed E-state index contributed by atoms with van der Waals surface area (Å²) < 4.78 is 15.4. The van der Waals surface area contributed by atoms with Crippen LogP contribution in [0.25, 0.3) is 0 Å². The van der Waals surface area contributed by atoms with Crippen molar-refractivity contribution in [1.29, 1.82) is 0 Å². The molecular weight excluding hydrogens is 1030 g/mol. The van der Waals surface area contributed by atoms with E-state index in [1.54, 1.807) is 0 Å². The third-order valence-corrected chi connectivity index (χ3v) is 14.2. The van der Waals surface area contributed by atoms with Crippen molar-refractivity contribution >= 4 is 0 Å². The highest BCUT2D eigenvalue weighted by Gasteiger charge is 2.10. The molecule has 0 radical (unpaired) electrons. The molecule has 2 saturated carbocycles. The van der Waals surface area contributed by atoms with Gasteiger partial charge in [0, 0.05) is 38.3 Å². The van der Waals surface area contributed by atoms with Crippen molar-refractivity contribution in [1.82, 2.24) is 55.6 Å². The minimum Gasteiger partial charge on any atom is -0.379 e. The van der Waals surface area contributed by atoms with Gasteiger partial charge in [-0.1, -0.05) is 133 Å². The van der Waals surface area contributed by atoms with E-state index in [9.17, 15) is 0 Å². The van der Waals surface area contributed by atoms with Gasteiger partial charge in [-0.15, -0.1) is 0 Å². The highest BCUT2D eigenvalue weighted by Crippen LogP contribution is 2.23. The molecule has 9 aliphatic rings. The highest BCUT2D eigenvalue weighted by atomic mass is 16.5. The largest absolute Gasteiger partial charge is 0.379 e. The number of piperidine rings is 2. The second-order valence-corrected chi connectivity index (χ2v) is 26.3. The molecule has 0 bridgehead atoms. The van der Waals surface area contributed by atoms with E-state index < -0.39 is 0 Å². The number of morpholine rings is 1. The summed E-state index contributed by atoms with van der Waals surface area (Å²) in [5, 5.41) is 12.1. The van der Waals surface area contributed by atoms with Gasteiger partial charge in [-0.05, 0) is 253 Å². The first-order chi connectivity index (χ1) is 39.4. The fraction of sp³-hybridized carbons (Fsp3) is 1.00. The van der Waals surface area contributed by atoms with Crippen LogP contribution < -0.4 is 21.3 Å². The zero-order chi connectivity index (χ0) is 64.3. The normalized spacial score (nSPS) is 21.7. The van der Waals surface area contributed by atoms with E-state index in [0.29, 0.717) is 12.1 Å². The Morgan fingerprint density at radius 2 is 0.783 bits per heavy atom. The fourth-order valence-electron chi connectivity index (χ4n) is 7.93. The first kappa shape index (κ1) is 93.6. The SMILES string of the molecule is CC(C)C.CC1CCCC1.CC1CCCCC1.CCN(C)C.CCNC.CN(C)C.CN1CCC1.CN1CCCC1.CN1CCCCC1.CN1CCOC1.CN1CCOCC1.CNC.CNC(C)C.C[C@@H]1CCCCO1.C[C@H]1CCCCN1. The molecule has 0 aromatic carbocycles. The van der Waals surface area contributed by atoms with Crippen LogP contribution in [-0.2, 0) is 14.2 Å². The number of rotatable bonds is 3. The third-order valence-electron chi connectivity index (χ3n) is 14.2. The van der Waals surface area contributed by atoms with Crippen molar-refractivity contribution in [2.24, 2.45) is 17.8 Å². The molecule has 83 heavy (non-hydrogen) atoms. The molecule has 14 heteroatoms. The summed E-state index contributed by atoms with van der Waals surface area (Å²) in [6.07, 6.45) is 30.5. The van der Waals surface area contributed by atoms with E-state index in [1.165, 1.54) is 181 Å². The number of nitrogens with one attached hydrogen (secondary N) is 4. The maximum atomic E-state index is 5.28. The predicted molar refractivity (Wildman–Crippen MR) is 376 cm³/mol. The topological polar surface area (TPSA) is 98.5 Å². The van der Waals surface area contributed by atoms with Gasteiger partial charge in [-0.25, -0.2) is 0 Å². The van der Waals surface area contributed by atoms with Crippen molar-refractivity contribution in [2.45, 2.75) is 229 Å². The minimum atomic E-state index is 0.536. The number of likely N-dealkylation sites (tertiary alicyclic amines) is 3. The van der Waals surface area contributed by atoms with Crippen LogP contribution >= 0.6 is 0 Å². The Morgan fingerprint density at radius 1 is 0.458 bits per heavy atom. The molecule has 0 aromatic heterocycles. The molecule has 4 N–H and O–H groups in total. The number of hydrogen-bond acceptors (Lipinski definition) is 14. The Bertz CT molecular complexity index is 926. The molecule has 14 nitrogen and oxygen atoms in total. The van der Waals surface area contributed by atoms with Crippen LogP contribution in [0.5, 0.6) is 0 Å². The summed E-state index contributed by atoms with van der Waals surface area (Å²) in [5.74, 6) is 2.92. The second-order valence-electron chi connectivity index (χ2n) is 26.3. The molecule has 7 saturated heterocycles. The molecule has 0 aromatic rings. The molecule has 9 fully saturated rings. The fourth-order valence-corrected chi connectivity index (χ4v) is 7.93. The third kappa shape index (κ3) is 101. The average Bonchev–Trinajstić information content (AvgIpc) is 4.27. The maximum absolute atomic E-state index is 5.28. The smallest absolute Gasteiger partial charge is 0.0989 e. The van der Waals surface area contributed by atoms with E-state index in [2.05, 4.69) is 169 Å². The van der Waals surface area contributed by atoms with Crippen molar-refractivity contribution in [2.75, 3.05) is 210 Å². The van der Waals surface area contributed by atoms with Gasteiger partial charge in [-0.2, -0.15) is 0 Å². The molecule has 0 spiro atoms. The lowest BCUT2D eigenvalue weighted by Crippen LogP contribution is -2.32. The van der Waals surface area contributed by atoms with Crippen molar-refractivity contribution in [3.05, 3.63) is 0 Å². The van der Waals surface area contributed by atoms with E-state index >= 15 is 0 Å². The van der Waals surface area contributed by atoms with Gasteiger partial charge in [-0.3, -0.25) is 4.90 Å². The Labute approximate surface area is 524 Å². The Morgan fingerprint density at radius 3 is 0.916 bits per heavy atom. The van der Waals surface area contributed by atoms with Gasteiger partial charge in [0.2, 0.25) is 0 Å². The van der Waals surface area contributed by atoms with Gasteiger partial charge >= 0.3 is 0 Å². The van der Waals surface area contributed by atoms with Crippen LogP contribution in [0.2, 0.25) is 0 Å². The molecule has 2 atom stereocenters. The Balaban J connectivity index is -0.000000192. The number of nitrogens with zero attached hydrogens (tertiary/aromatic N) is 7. The molecule has 510 valence electrons. The van der Waals surface area contributed by atoms with Crippen LogP contribution in [0.1, 0.15) is 211 Å². The number of likely N-dealkylation sites (N-methyl/N-ethyl adjacent to an activating group) is 2. The van der Waals surface area contributed by atoms with E-state index in [-0.39, 0.29) is 0 Å². The predicted octanol–water partition coefficient (Wildman–Crippen LogP) is 12.6. The molecule has 9 rings (SSSR count). The summed E-state index contributed by atoms with van der Waals surface area (Å²) >= 11 is 0. The maximum Gasteiger partial charge on any atom is 0.0989 e. The number of ether oxygens (including phenoxy) is 3. The van der Waals surface area contributed by atoms with Crippen molar-refractivity contribution < 1.29 is 14.2 Å². The molecule has 0 amide bonds. The first-order valence-corrected chi connectivity index (χ1v) is 34.5. The zero-order valence-corrected chi connectivity index (χ0v) is 61.7. The summed E-state index contributed by atoms with van der Waals surface area (Å²) in [5.41, 5.74) is 0. The summed E-state index contributed by atoms with van der Waals surface area (Å²) in [7, 11) is 28.4. The molecule has 0 unspecified atom stereocenters. The van der Waals surface area contributed by atoms with Gasteiger partial charge in [0.25, 0.3) is 0 Å². The Kier molecular flexibility index (Phi) is 85.3. The van der Waals surface area contributed by atoms with Gasteiger partial charge < -0.3 is 64.9 Å². The summed E-state index contributed by atoms with van der Waals surface area (Å²) in [4.78, 5) is 15.6. The minimum absolute atomic E-state index is 0.536.